The molecule has 1 amide bonds. The minimum Gasteiger partial charge on any atom is -0.361 e. The van der Waals surface area contributed by atoms with Crippen LogP contribution in [0.1, 0.15) is 30.0 Å². The summed E-state index contributed by atoms with van der Waals surface area (Å²) in [4.78, 5) is 18.0. The van der Waals surface area contributed by atoms with Crippen molar-refractivity contribution >= 4 is 16.8 Å². The summed E-state index contributed by atoms with van der Waals surface area (Å²) in [5.74, 6) is -0.321. The number of benzene rings is 2. The topological polar surface area (TPSA) is 62.1 Å². The van der Waals surface area contributed by atoms with Crippen molar-refractivity contribution in [1.82, 2.24) is 9.88 Å². The quantitative estimate of drug-likeness (QED) is 0.758. The van der Waals surface area contributed by atoms with E-state index in [0.717, 1.165) is 29.3 Å². The maximum Gasteiger partial charge on any atom is 0.227 e. The molecule has 1 aliphatic heterocycles. The minimum absolute atomic E-state index is 0.0156. The Labute approximate surface area is 151 Å². The predicted molar refractivity (Wildman–Crippen MR) is 100 cm³/mol. The zero-order valence-electron chi connectivity index (χ0n) is 14.5. The second kappa shape index (κ2) is 6.92. The summed E-state index contributed by atoms with van der Waals surface area (Å²) in [7, 11) is 0. The highest BCUT2D eigenvalue weighted by molar-refractivity contribution is 5.89. The number of nitrogens with one attached hydrogen (secondary N) is 1. The Morgan fingerprint density at radius 2 is 1.96 bits per heavy atom. The second-order valence-electron chi connectivity index (χ2n) is 6.90. The molecule has 1 fully saturated rings. The van der Waals surface area contributed by atoms with Gasteiger partial charge in [-0.1, -0.05) is 36.4 Å². The number of piperidine rings is 1. The van der Waals surface area contributed by atoms with Crippen LogP contribution in [0.15, 0.2) is 54.7 Å². The lowest BCUT2D eigenvalue weighted by Crippen LogP contribution is -2.49. The predicted octanol–water partition coefficient (Wildman–Crippen LogP) is 3.54. The lowest BCUT2D eigenvalue weighted by atomic mass is 9.90. The molecule has 4 nitrogen and oxygen atoms in total. The maximum atomic E-state index is 14.4. The Kier molecular flexibility index (Phi) is 4.47. The van der Waals surface area contributed by atoms with Crippen LogP contribution in [-0.4, -0.2) is 28.4 Å². The first-order chi connectivity index (χ1) is 12.6. The number of aromatic amines is 1. The van der Waals surface area contributed by atoms with Gasteiger partial charge in [0.05, 0.1) is 12.5 Å². The van der Waals surface area contributed by atoms with E-state index in [1.807, 2.05) is 30.5 Å². The summed E-state index contributed by atoms with van der Waals surface area (Å²) in [5, 5.41) is 1.05. The number of fused-ring (bicyclic) bond motifs is 1. The molecule has 0 spiro atoms. The molecule has 2 aromatic carbocycles. The van der Waals surface area contributed by atoms with Gasteiger partial charge in [-0.15, -0.1) is 0 Å². The van der Waals surface area contributed by atoms with Gasteiger partial charge >= 0.3 is 0 Å². The van der Waals surface area contributed by atoms with Gasteiger partial charge in [-0.05, 0) is 30.5 Å². The van der Waals surface area contributed by atoms with E-state index in [9.17, 15) is 9.18 Å². The summed E-state index contributed by atoms with van der Waals surface area (Å²) < 4.78 is 14.4. The first-order valence-electron chi connectivity index (χ1n) is 8.99. The average Bonchev–Trinajstić information content (AvgIpc) is 3.05. The maximum absolute atomic E-state index is 14.4. The van der Waals surface area contributed by atoms with Gasteiger partial charge in [-0.25, -0.2) is 4.39 Å². The number of carbonyl (C=O) groups is 1. The van der Waals surface area contributed by atoms with E-state index in [4.69, 9.17) is 5.73 Å². The molecule has 4 rings (SSSR count). The van der Waals surface area contributed by atoms with Crippen LogP contribution < -0.4 is 5.73 Å². The number of nitrogens with two attached hydrogens (primary N) is 1. The van der Waals surface area contributed by atoms with Crippen LogP contribution in [0, 0.1) is 5.82 Å². The fourth-order valence-corrected chi connectivity index (χ4v) is 3.96. The van der Waals surface area contributed by atoms with Crippen LogP contribution in [0.4, 0.5) is 4.39 Å². The molecule has 26 heavy (non-hydrogen) atoms. The number of H-pyrrole nitrogens is 1. The molecule has 0 bridgehead atoms. The zero-order valence-corrected chi connectivity index (χ0v) is 14.5. The molecule has 0 saturated carbocycles. The third-order valence-corrected chi connectivity index (χ3v) is 5.24. The fraction of sp³-hybridized carbons (Fsp3) is 0.286. The van der Waals surface area contributed by atoms with E-state index in [1.165, 1.54) is 6.07 Å². The number of carbonyl (C=O) groups excluding carboxylic acids is 1. The average molecular weight is 351 g/mol. The summed E-state index contributed by atoms with van der Waals surface area (Å²) in [6, 6.07) is 13.9. The molecule has 2 atom stereocenters. The van der Waals surface area contributed by atoms with E-state index >= 15 is 0 Å². The van der Waals surface area contributed by atoms with Crippen LogP contribution in [-0.2, 0) is 11.2 Å². The highest BCUT2D eigenvalue weighted by Gasteiger charge is 2.35. The largest absolute Gasteiger partial charge is 0.361 e. The van der Waals surface area contributed by atoms with Crippen LogP contribution in [0.2, 0.25) is 0 Å². The standard InChI is InChI=1S/C21H22FN3O/c22-17-8-3-1-7-16(17)21-18(23)9-5-11-25(21)20(26)12-14-13-24-19-10-4-2-6-15(14)19/h1-4,6-8,10,13,18,21,24H,5,9,11-12,23H2/t18-,21+/m1/s1. The van der Waals surface area contributed by atoms with Crippen molar-refractivity contribution in [2.45, 2.75) is 31.3 Å². The number of halogens is 1. The second-order valence-corrected chi connectivity index (χ2v) is 6.90. The Morgan fingerprint density at radius 3 is 2.81 bits per heavy atom. The van der Waals surface area contributed by atoms with E-state index in [0.29, 0.717) is 12.1 Å². The van der Waals surface area contributed by atoms with Crippen molar-refractivity contribution in [2.24, 2.45) is 5.73 Å². The third-order valence-electron chi connectivity index (χ3n) is 5.24. The van der Waals surface area contributed by atoms with Crippen molar-refractivity contribution in [3.05, 3.63) is 71.7 Å². The zero-order chi connectivity index (χ0) is 18.1. The number of nitrogens with zero attached hydrogens (tertiary/aromatic N) is 1. The normalized spacial score (nSPS) is 20.5. The summed E-state index contributed by atoms with van der Waals surface area (Å²) in [6.07, 6.45) is 3.79. The van der Waals surface area contributed by atoms with Crippen LogP contribution in [0.25, 0.3) is 10.9 Å². The molecule has 0 aliphatic carbocycles. The Bertz CT molecular complexity index is 936. The van der Waals surface area contributed by atoms with E-state index in [1.54, 1.807) is 23.1 Å². The molecule has 134 valence electrons. The van der Waals surface area contributed by atoms with Crippen molar-refractivity contribution in [1.29, 1.82) is 0 Å². The van der Waals surface area contributed by atoms with Crippen molar-refractivity contribution in [3.63, 3.8) is 0 Å². The molecule has 5 heteroatoms. The summed E-state index contributed by atoms with van der Waals surface area (Å²) in [5.41, 5.74) is 8.78. The Morgan fingerprint density at radius 1 is 1.19 bits per heavy atom. The van der Waals surface area contributed by atoms with E-state index < -0.39 is 6.04 Å². The van der Waals surface area contributed by atoms with Gasteiger partial charge in [0.1, 0.15) is 5.82 Å². The molecule has 2 heterocycles. The molecule has 0 unspecified atom stereocenters. The smallest absolute Gasteiger partial charge is 0.227 e. The van der Waals surface area contributed by atoms with Gasteiger partial charge < -0.3 is 15.6 Å². The number of aromatic nitrogens is 1. The van der Waals surface area contributed by atoms with Crippen molar-refractivity contribution < 1.29 is 9.18 Å². The Balaban J connectivity index is 1.63. The molecular formula is C21H22FN3O. The number of amides is 1. The molecule has 3 N–H and O–H groups in total. The highest BCUT2D eigenvalue weighted by Crippen LogP contribution is 2.32. The van der Waals surface area contributed by atoms with Gasteiger partial charge in [0, 0.05) is 35.2 Å². The van der Waals surface area contributed by atoms with Gasteiger partial charge in [0.15, 0.2) is 0 Å². The number of hydrogen-bond acceptors (Lipinski definition) is 2. The van der Waals surface area contributed by atoms with Crippen molar-refractivity contribution in [3.8, 4) is 0 Å². The fourth-order valence-electron chi connectivity index (χ4n) is 3.96. The Hall–Kier alpha value is -2.66. The van der Waals surface area contributed by atoms with Gasteiger partial charge in [0.2, 0.25) is 5.91 Å². The molecule has 1 aromatic heterocycles. The van der Waals surface area contributed by atoms with Crippen molar-refractivity contribution in [2.75, 3.05) is 6.54 Å². The lowest BCUT2D eigenvalue weighted by molar-refractivity contribution is -0.134. The number of hydrogen-bond donors (Lipinski definition) is 2. The molecule has 1 aliphatic rings. The third kappa shape index (κ3) is 2.99. The SMILES string of the molecule is N[C@@H]1CCCN(C(=O)Cc2c[nH]c3ccccc23)[C@H]1c1ccccc1F. The molecule has 1 saturated heterocycles. The monoisotopic (exact) mass is 351 g/mol. The first-order valence-corrected chi connectivity index (χ1v) is 8.99. The lowest BCUT2D eigenvalue weighted by Gasteiger charge is -2.40. The minimum atomic E-state index is -0.414. The molecule has 3 aromatic rings. The van der Waals surface area contributed by atoms with Crippen LogP contribution in [0.3, 0.4) is 0 Å². The number of likely N-dealkylation sites (tertiary alicyclic amines) is 1. The first kappa shape index (κ1) is 16.8. The highest BCUT2D eigenvalue weighted by atomic mass is 19.1. The van der Waals surface area contributed by atoms with Gasteiger partial charge in [-0.3, -0.25) is 4.79 Å². The van der Waals surface area contributed by atoms with E-state index in [2.05, 4.69) is 4.98 Å². The summed E-state index contributed by atoms with van der Waals surface area (Å²) in [6.45, 7) is 0.605. The summed E-state index contributed by atoms with van der Waals surface area (Å²) >= 11 is 0. The number of para-hydroxylation sites is 1. The van der Waals surface area contributed by atoms with Gasteiger partial charge in [0.25, 0.3) is 0 Å². The molecule has 0 radical (unpaired) electrons. The van der Waals surface area contributed by atoms with Crippen LogP contribution in [0.5, 0.6) is 0 Å². The van der Waals surface area contributed by atoms with E-state index in [-0.39, 0.29) is 24.2 Å². The van der Waals surface area contributed by atoms with Gasteiger partial charge in [-0.2, -0.15) is 0 Å². The molecular weight excluding hydrogens is 329 g/mol. The number of rotatable bonds is 3. The van der Waals surface area contributed by atoms with Crippen LogP contribution >= 0.6 is 0 Å².